The lowest BCUT2D eigenvalue weighted by Gasteiger charge is -2.04. The SMILES string of the molecule is CCn1cc(C(=O)OCc2cccc(C(C)=O)c2)cn1. The average molecular weight is 272 g/mol. The molecule has 2 rings (SSSR count). The van der Waals surface area contributed by atoms with E-state index in [-0.39, 0.29) is 12.4 Å². The van der Waals surface area contributed by atoms with Crippen molar-refractivity contribution < 1.29 is 14.3 Å². The summed E-state index contributed by atoms with van der Waals surface area (Å²) in [5, 5.41) is 4.02. The first kappa shape index (κ1) is 14.0. The maximum Gasteiger partial charge on any atom is 0.341 e. The van der Waals surface area contributed by atoms with Crippen molar-refractivity contribution in [3.63, 3.8) is 0 Å². The molecule has 0 aliphatic rings. The van der Waals surface area contributed by atoms with Crippen molar-refractivity contribution in [1.29, 1.82) is 0 Å². The summed E-state index contributed by atoms with van der Waals surface area (Å²) >= 11 is 0. The Morgan fingerprint density at radius 2 is 2.10 bits per heavy atom. The van der Waals surface area contributed by atoms with Crippen LogP contribution in [0.2, 0.25) is 0 Å². The molecule has 2 aromatic rings. The zero-order valence-corrected chi connectivity index (χ0v) is 11.5. The third-order valence-electron chi connectivity index (χ3n) is 2.90. The Hall–Kier alpha value is -2.43. The number of nitrogens with zero attached hydrogens (tertiary/aromatic N) is 2. The van der Waals surface area contributed by atoms with Crippen LogP contribution in [0.25, 0.3) is 0 Å². The molecule has 104 valence electrons. The quantitative estimate of drug-likeness (QED) is 0.619. The van der Waals surface area contributed by atoms with E-state index in [0.717, 1.165) is 5.56 Å². The predicted octanol–water partition coefficient (Wildman–Crippen LogP) is 2.46. The highest BCUT2D eigenvalue weighted by Crippen LogP contribution is 2.09. The van der Waals surface area contributed by atoms with Crippen molar-refractivity contribution in [3.05, 3.63) is 53.3 Å². The van der Waals surface area contributed by atoms with Gasteiger partial charge in [0.1, 0.15) is 6.61 Å². The number of aryl methyl sites for hydroxylation is 1. The van der Waals surface area contributed by atoms with Crippen LogP contribution in [0, 0.1) is 0 Å². The van der Waals surface area contributed by atoms with Gasteiger partial charge in [-0.15, -0.1) is 0 Å². The number of benzene rings is 1. The van der Waals surface area contributed by atoms with E-state index in [2.05, 4.69) is 5.10 Å². The van der Waals surface area contributed by atoms with Crippen molar-refractivity contribution in [1.82, 2.24) is 9.78 Å². The van der Waals surface area contributed by atoms with Crippen LogP contribution in [0.1, 0.15) is 40.1 Å². The normalized spacial score (nSPS) is 10.3. The zero-order chi connectivity index (χ0) is 14.5. The second-order valence-corrected chi connectivity index (χ2v) is 4.42. The lowest BCUT2D eigenvalue weighted by Crippen LogP contribution is -2.05. The van der Waals surface area contributed by atoms with Gasteiger partial charge >= 0.3 is 5.97 Å². The van der Waals surface area contributed by atoms with E-state index in [1.165, 1.54) is 13.1 Å². The first-order chi connectivity index (χ1) is 9.60. The number of esters is 1. The third kappa shape index (κ3) is 3.32. The third-order valence-corrected chi connectivity index (χ3v) is 2.90. The average Bonchev–Trinajstić information content (AvgIpc) is 2.94. The Morgan fingerprint density at radius 3 is 2.75 bits per heavy atom. The first-order valence-electron chi connectivity index (χ1n) is 6.39. The van der Waals surface area contributed by atoms with Crippen LogP contribution in [0.15, 0.2) is 36.7 Å². The molecule has 0 N–H and O–H groups in total. The highest BCUT2D eigenvalue weighted by molar-refractivity contribution is 5.94. The first-order valence-corrected chi connectivity index (χ1v) is 6.39. The molecule has 0 atom stereocenters. The summed E-state index contributed by atoms with van der Waals surface area (Å²) in [4.78, 5) is 23.1. The van der Waals surface area contributed by atoms with Crippen molar-refractivity contribution in [3.8, 4) is 0 Å². The lowest BCUT2D eigenvalue weighted by atomic mass is 10.1. The lowest BCUT2D eigenvalue weighted by molar-refractivity contribution is 0.0472. The molecule has 0 unspecified atom stereocenters. The summed E-state index contributed by atoms with van der Waals surface area (Å²) < 4.78 is 6.86. The van der Waals surface area contributed by atoms with Gasteiger partial charge in [0.2, 0.25) is 0 Å². The van der Waals surface area contributed by atoms with Crippen LogP contribution in [0.4, 0.5) is 0 Å². The summed E-state index contributed by atoms with van der Waals surface area (Å²) in [6.07, 6.45) is 3.13. The van der Waals surface area contributed by atoms with Crippen LogP contribution in [0.5, 0.6) is 0 Å². The Bertz CT molecular complexity index is 632. The van der Waals surface area contributed by atoms with Gasteiger partial charge in [-0.2, -0.15) is 5.10 Å². The van der Waals surface area contributed by atoms with Gasteiger partial charge in [-0.05, 0) is 25.5 Å². The molecule has 1 aromatic heterocycles. The molecular formula is C15H16N2O3. The van der Waals surface area contributed by atoms with Gasteiger partial charge in [0.15, 0.2) is 5.78 Å². The number of ether oxygens (including phenoxy) is 1. The molecule has 5 nitrogen and oxygen atoms in total. The molecule has 0 aliphatic heterocycles. The number of ketones is 1. The van der Waals surface area contributed by atoms with E-state index in [4.69, 9.17) is 4.74 Å². The van der Waals surface area contributed by atoms with Crippen molar-refractivity contribution in [2.24, 2.45) is 0 Å². The Kier molecular flexibility index (Phi) is 4.30. The summed E-state index contributed by atoms with van der Waals surface area (Å²) in [7, 11) is 0. The van der Waals surface area contributed by atoms with Crippen LogP contribution in [0.3, 0.4) is 0 Å². The van der Waals surface area contributed by atoms with E-state index >= 15 is 0 Å². The molecule has 1 aromatic carbocycles. The fourth-order valence-corrected chi connectivity index (χ4v) is 1.75. The maximum atomic E-state index is 11.8. The van der Waals surface area contributed by atoms with E-state index in [1.807, 2.05) is 13.0 Å². The summed E-state index contributed by atoms with van der Waals surface area (Å²) in [6.45, 7) is 4.28. The molecule has 5 heteroatoms. The topological polar surface area (TPSA) is 61.2 Å². The Morgan fingerprint density at radius 1 is 1.30 bits per heavy atom. The Balaban J connectivity index is 1.99. The van der Waals surface area contributed by atoms with Gasteiger partial charge in [0, 0.05) is 18.3 Å². The van der Waals surface area contributed by atoms with Crippen LogP contribution in [-0.4, -0.2) is 21.5 Å². The van der Waals surface area contributed by atoms with Gasteiger partial charge in [-0.1, -0.05) is 18.2 Å². The smallest absolute Gasteiger partial charge is 0.341 e. The summed E-state index contributed by atoms with van der Waals surface area (Å²) in [6, 6.07) is 7.05. The molecule has 0 amide bonds. The van der Waals surface area contributed by atoms with Crippen LogP contribution in [-0.2, 0) is 17.9 Å². The number of rotatable bonds is 5. The number of aromatic nitrogens is 2. The highest BCUT2D eigenvalue weighted by atomic mass is 16.5. The second kappa shape index (κ2) is 6.14. The fraction of sp³-hybridized carbons (Fsp3) is 0.267. The summed E-state index contributed by atoms with van der Waals surface area (Å²) in [5.74, 6) is -0.430. The molecule has 0 saturated carbocycles. The molecule has 0 saturated heterocycles. The number of Topliss-reactive ketones (excluding diaryl/α,β-unsaturated/α-hetero) is 1. The second-order valence-electron chi connectivity index (χ2n) is 4.42. The Labute approximate surface area is 117 Å². The van der Waals surface area contributed by atoms with Crippen molar-refractivity contribution in [2.75, 3.05) is 0 Å². The highest BCUT2D eigenvalue weighted by Gasteiger charge is 2.10. The monoisotopic (exact) mass is 272 g/mol. The summed E-state index contributed by atoms with van der Waals surface area (Å²) in [5.41, 5.74) is 1.82. The number of carbonyl (C=O) groups excluding carboxylic acids is 2. The van der Waals surface area contributed by atoms with Crippen molar-refractivity contribution in [2.45, 2.75) is 27.0 Å². The van der Waals surface area contributed by atoms with E-state index in [0.29, 0.717) is 17.7 Å². The van der Waals surface area contributed by atoms with E-state index in [9.17, 15) is 9.59 Å². The molecule has 0 spiro atoms. The number of carbonyl (C=O) groups is 2. The van der Waals surface area contributed by atoms with Gasteiger partial charge in [0.25, 0.3) is 0 Å². The molecule has 20 heavy (non-hydrogen) atoms. The number of hydrogen-bond acceptors (Lipinski definition) is 4. The fourth-order valence-electron chi connectivity index (χ4n) is 1.75. The van der Waals surface area contributed by atoms with Gasteiger partial charge < -0.3 is 4.74 Å². The van der Waals surface area contributed by atoms with Crippen LogP contribution < -0.4 is 0 Å². The molecule has 0 aliphatic carbocycles. The van der Waals surface area contributed by atoms with Gasteiger partial charge in [-0.3, -0.25) is 9.48 Å². The van der Waals surface area contributed by atoms with Gasteiger partial charge in [-0.25, -0.2) is 4.79 Å². The van der Waals surface area contributed by atoms with Crippen LogP contribution >= 0.6 is 0 Å². The van der Waals surface area contributed by atoms with E-state index < -0.39 is 5.97 Å². The van der Waals surface area contributed by atoms with Gasteiger partial charge in [0.05, 0.1) is 11.8 Å². The molecule has 1 heterocycles. The minimum Gasteiger partial charge on any atom is -0.457 e. The standard InChI is InChI=1S/C15H16N2O3/c1-3-17-9-14(8-16-17)15(19)20-10-12-5-4-6-13(7-12)11(2)18/h4-9H,3,10H2,1-2H3. The maximum absolute atomic E-state index is 11.8. The minimum atomic E-state index is -0.419. The number of hydrogen-bond donors (Lipinski definition) is 0. The molecule has 0 radical (unpaired) electrons. The largest absolute Gasteiger partial charge is 0.457 e. The molecular weight excluding hydrogens is 256 g/mol. The molecule has 0 fully saturated rings. The minimum absolute atomic E-state index is 0.0117. The molecule has 0 bridgehead atoms. The zero-order valence-electron chi connectivity index (χ0n) is 11.5. The van der Waals surface area contributed by atoms with E-state index in [1.54, 1.807) is 29.1 Å². The van der Waals surface area contributed by atoms with Crippen molar-refractivity contribution >= 4 is 11.8 Å². The predicted molar refractivity (Wildman–Crippen MR) is 73.5 cm³/mol.